The normalized spacial score (nSPS) is 8.47. The molecule has 4 nitrogen and oxygen atoms in total. The van der Waals surface area contributed by atoms with Crippen molar-refractivity contribution in [2.75, 3.05) is 0 Å². The van der Waals surface area contributed by atoms with Gasteiger partial charge in [0.05, 0.1) is 5.24 Å². The molecule has 0 heterocycles. The lowest BCUT2D eigenvalue weighted by Gasteiger charge is -2.13. The van der Waals surface area contributed by atoms with Crippen molar-refractivity contribution in [3.63, 3.8) is 0 Å². The van der Waals surface area contributed by atoms with Crippen LogP contribution in [0.2, 0.25) is 0 Å². The number of hydrogen-bond acceptors (Lipinski definition) is 5. The second-order valence-corrected chi connectivity index (χ2v) is 6.28. The first kappa shape index (κ1) is 24.2. The topological polar surface area (TPSA) is 86.2 Å². The van der Waals surface area contributed by atoms with E-state index in [9.17, 15) is 4.79 Å². The first-order valence-corrected chi connectivity index (χ1v) is 5.82. The van der Waals surface area contributed by atoms with Gasteiger partial charge >= 0.3 is 0 Å². The summed E-state index contributed by atoms with van der Waals surface area (Å²) in [4.78, 5) is 19.2. The van der Waals surface area contributed by atoms with Gasteiger partial charge in [-0.25, -0.2) is 0 Å². The number of primary amides is 2. The van der Waals surface area contributed by atoms with Crippen LogP contribution in [0.15, 0.2) is 0 Å². The number of carbonyl (C=O) groups excluding carboxylic acids is 2. The molecule has 0 aromatic carbocycles. The standard InChI is InChI=1S/C5H11NOS2.CH3NOS.2CH4/c1-5(2,3)9-8-4(6)7;2-1(3)4;;/h1-3H3,(H2,6,7);(H3,2,3,4);2*1H4/p-1. The Hall–Kier alpha value is -0.140. The molecule has 0 aliphatic heterocycles. The summed E-state index contributed by atoms with van der Waals surface area (Å²) in [7, 11) is 2.58. The molecular weight excluding hydrogens is 252 g/mol. The molecule has 0 spiro atoms. The lowest BCUT2D eigenvalue weighted by atomic mass is 10.3. The van der Waals surface area contributed by atoms with Gasteiger partial charge in [-0.15, -0.1) is 0 Å². The molecule has 0 saturated carbocycles. The van der Waals surface area contributed by atoms with Crippen LogP contribution in [-0.4, -0.2) is 15.2 Å². The molecule has 0 aliphatic rings. The maximum absolute atomic E-state index is 10.2. The smallest absolute Gasteiger partial charge is 0.287 e. The van der Waals surface area contributed by atoms with E-state index in [1.807, 2.05) is 20.8 Å². The molecule has 7 heteroatoms. The van der Waals surface area contributed by atoms with Crippen molar-refractivity contribution in [1.82, 2.24) is 0 Å². The predicted molar refractivity (Wildman–Crippen MR) is 74.9 cm³/mol. The number of nitrogens with two attached hydrogens (primary N) is 2. The predicted octanol–water partition coefficient (Wildman–Crippen LogP) is 3.13. The van der Waals surface area contributed by atoms with Crippen molar-refractivity contribution in [2.45, 2.75) is 40.4 Å². The summed E-state index contributed by atoms with van der Waals surface area (Å²) in [5, 5.41) is -1.07. The number of rotatable bonds is 1. The van der Waals surface area contributed by atoms with Gasteiger partial charge in [0.15, 0.2) is 0 Å². The van der Waals surface area contributed by atoms with Gasteiger partial charge in [0, 0.05) is 15.5 Å². The van der Waals surface area contributed by atoms with E-state index in [2.05, 4.69) is 18.4 Å². The van der Waals surface area contributed by atoms with Crippen LogP contribution in [0.25, 0.3) is 0 Å². The molecule has 0 atom stereocenters. The van der Waals surface area contributed by atoms with E-state index < -0.39 is 5.24 Å². The van der Waals surface area contributed by atoms with Gasteiger partial charge in [-0.05, 0) is 0 Å². The fourth-order valence-corrected chi connectivity index (χ4v) is 1.49. The minimum absolute atomic E-state index is 0. The Bertz CT molecular complexity index is 177. The third-order valence-corrected chi connectivity index (χ3v) is 3.36. The van der Waals surface area contributed by atoms with Crippen molar-refractivity contribution < 1.29 is 9.59 Å². The lowest BCUT2D eigenvalue weighted by molar-refractivity contribution is 0.266. The summed E-state index contributed by atoms with van der Waals surface area (Å²) in [6.07, 6.45) is 0. The summed E-state index contributed by atoms with van der Waals surface area (Å²) in [5.74, 6) is 0. The highest BCUT2D eigenvalue weighted by atomic mass is 33.1. The molecule has 0 unspecified atom stereocenters. The highest BCUT2D eigenvalue weighted by Crippen LogP contribution is 2.34. The van der Waals surface area contributed by atoms with Crippen LogP contribution in [0.4, 0.5) is 9.59 Å². The molecule has 94 valence electrons. The van der Waals surface area contributed by atoms with Crippen molar-refractivity contribution in [3.05, 3.63) is 0 Å². The molecule has 0 radical (unpaired) electrons. The minimum Gasteiger partial charge on any atom is -0.719 e. The molecule has 15 heavy (non-hydrogen) atoms. The van der Waals surface area contributed by atoms with Crippen LogP contribution >= 0.6 is 21.6 Å². The van der Waals surface area contributed by atoms with Crippen LogP contribution in [-0.2, 0) is 12.6 Å². The van der Waals surface area contributed by atoms with Gasteiger partial charge < -0.3 is 28.9 Å². The Morgan fingerprint density at radius 2 is 1.40 bits per heavy atom. The average Bonchev–Trinajstić information content (AvgIpc) is 1.80. The van der Waals surface area contributed by atoms with Crippen molar-refractivity contribution in [2.24, 2.45) is 11.5 Å². The molecule has 4 N–H and O–H groups in total. The van der Waals surface area contributed by atoms with E-state index in [1.54, 1.807) is 0 Å². The number of hydrogen-bond donors (Lipinski definition) is 2. The highest BCUT2D eigenvalue weighted by Gasteiger charge is 2.12. The Morgan fingerprint density at radius 1 is 1.13 bits per heavy atom. The van der Waals surface area contributed by atoms with E-state index >= 15 is 0 Å². The summed E-state index contributed by atoms with van der Waals surface area (Å²) in [5.41, 5.74) is 9.19. The Labute approximate surface area is 106 Å². The number of carbonyl (C=O) groups is 2. The SMILES string of the molecule is C.C.CC(C)(C)SSC(N)=O.NC(=O)[S-]. The minimum atomic E-state index is -0.750. The maximum Gasteiger partial charge on any atom is 0.287 e. The Kier molecular flexibility index (Phi) is 19.3. The van der Waals surface area contributed by atoms with E-state index in [1.165, 1.54) is 10.8 Å². The third-order valence-electron chi connectivity index (χ3n) is 0.374. The largest absolute Gasteiger partial charge is 0.719 e. The molecule has 0 aliphatic carbocycles. The van der Waals surface area contributed by atoms with E-state index in [-0.39, 0.29) is 24.8 Å². The zero-order valence-electron chi connectivity index (χ0n) is 7.70. The van der Waals surface area contributed by atoms with Crippen LogP contribution < -0.4 is 11.5 Å². The molecule has 2 amide bonds. The van der Waals surface area contributed by atoms with Crippen molar-refractivity contribution in [3.8, 4) is 0 Å². The lowest BCUT2D eigenvalue weighted by Crippen LogP contribution is -2.08. The summed E-state index contributed by atoms with van der Waals surface area (Å²) in [6.45, 7) is 6.11. The molecule has 0 fully saturated rings. The first-order valence-electron chi connectivity index (χ1n) is 3.26. The van der Waals surface area contributed by atoms with Gasteiger partial charge in [0.1, 0.15) is 0 Å². The third kappa shape index (κ3) is 56.8. The molecule has 0 saturated heterocycles. The quantitative estimate of drug-likeness (QED) is 0.566. The summed E-state index contributed by atoms with van der Waals surface area (Å²) in [6, 6.07) is 0. The molecule has 0 aromatic heterocycles. The van der Waals surface area contributed by atoms with Gasteiger partial charge in [-0.1, -0.05) is 46.4 Å². The molecule has 0 aromatic rings. The van der Waals surface area contributed by atoms with Crippen molar-refractivity contribution >= 4 is 44.7 Å². The Morgan fingerprint density at radius 3 is 1.47 bits per heavy atom. The fourth-order valence-electron chi connectivity index (χ4n) is 0.166. The average molecular weight is 273 g/mol. The van der Waals surface area contributed by atoms with E-state index in [4.69, 9.17) is 10.5 Å². The van der Waals surface area contributed by atoms with Crippen LogP contribution in [0.1, 0.15) is 35.6 Å². The van der Waals surface area contributed by atoms with E-state index in [0.29, 0.717) is 0 Å². The van der Waals surface area contributed by atoms with Crippen LogP contribution in [0, 0.1) is 0 Å². The molecule has 0 rings (SSSR count). The van der Waals surface area contributed by atoms with Crippen LogP contribution in [0.3, 0.4) is 0 Å². The van der Waals surface area contributed by atoms with Gasteiger partial charge in [-0.3, -0.25) is 4.79 Å². The monoisotopic (exact) mass is 273 g/mol. The van der Waals surface area contributed by atoms with Gasteiger partial charge in [0.25, 0.3) is 5.24 Å². The first-order chi connectivity index (χ1) is 5.65. The molecular formula is C8H21N2O2S3-. The zero-order valence-corrected chi connectivity index (χ0v) is 10.1. The summed E-state index contributed by atoms with van der Waals surface area (Å²) >= 11 is 3.76. The van der Waals surface area contributed by atoms with Crippen LogP contribution in [0.5, 0.6) is 0 Å². The fraction of sp³-hybridized carbons (Fsp3) is 0.750. The summed E-state index contributed by atoms with van der Waals surface area (Å²) < 4.78 is 0.111. The van der Waals surface area contributed by atoms with Gasteiger partial charge in [0.2, 0.25) is 0 Å². The number of amides is 2. The van der Waals surface area contributed by atoms with E-state index in [0.717, 1.165) is 10.8 Å². The Balaban J connectivity index is -0.0000000883. The maximum atomic E-state index is 10.2. The van der Waals surface area contributed by atoms with Gasteiger partial charge in [-0.2, -0.15) is 0 Å². The van der Waals surface area contributed by atoms with Crippen molar-refractivity contribution in [1.29, 1.82) is 0 Å². The highest BCUT2D eigenvalue weighted by molar-refractivity contribution is 8.82. The molecule has 0 bridgehead atoms. The zero-order chi connectivity index (χ0) is 11.1. The second-order valence-electron chi connectivity index (χ2n) is 2.92. The second kappa shape index (κ2) is 11.9.